The van der Waals surface area contributed by atoms with Crippen LogP contribution in [0.4, 0.5) is 5.13 Å². The summed E-state index contributed by atoms with van der Waals surface area (Å²) in [5.74, 6) is 0.591. The van der Waals surface area contributed by atoms with Crippen LogP contribution in [-0.4, -0.2) is 28.0 Å². The van der Waals surface area contributed by atoms with Gasteiger partial charge in [-0.3, -0.25) is 9.36 Å². The molecule has 0 aliphatic carbocycles. The quantitative estimate of drug-likeness (QED) is 0.328. The van der Waals surface area contributed by atoms with Crippen LogP contribution in [0.15, 0.2) is 94.0 Å². The van der Waals surface area contributed by atoms with Crippen LogP contribution in [0.5, 0.6) is 11.6 Å². The molecular weight excluding hydrogens is 446 g/mol. The number of ether oxygens (including phenoxy) is 1. The van der Waals surface area contributed by atoms with Crippen molar-refractivity contribution in [1.29, 1.82) is 0 Å². The molecule has 0 aliphatic rings. The predicted molar refractivity (Wildman–Crippen MR) is 137 cm³/mol. The molecule has 3 aromatic carbocycles. The Bertz CT molecular complexity index is 1540. The second-order valence-electron chi connectivity index (χ2n) is 7.66. The van der Waals surface area contributed by atoms with E-state index in [-0.39, 0.29) is 18.0 Å². The van der Waals surface area contributed by atoms with Crippen LogP contribution >= 0.6 is 11.3 Å². The number of aliphatic imine (C=N–C) groups is 1. The Hall–Kier alpha value is -4.23. The van der Waals surface area contributed by atoms with E-state index in [9.17, 15) is 9.90 Å². The SMILES string of the molecule is COc1ccc(Cn2c(O)c(/C=N/c3nc(-c4ccccc4)cs3)c3ccccc3c2=O)cc1. The van der Waals surface area contributed by atoms with E-state index in [1.807, 2.05) is 78.2 Å². The van der Waals surface area contributed by atoms with Gasteiger partial charge < -0.3 is 9.84 Å². The molecule has 1 N–H and O–H groups in total. The van der Waals surface area contributed by atoms with Crippen molar-refractivity contribution in [3.05, 3.63) is 106 Å². The number of thiazole rings is 1. The maximum atomic E-state index is 13.2. The maximum Gasteiger partial charge on any atom is 0.261 e. The highest BCUT2D eigenvalue weighted by atomic mass is 32.1. The molecule has 0 radical (unpaired) electrons. The highest BCUT2D eigenvalue weighted by molar-refractivity contribution is 7.13. The van der Waals surface area contributed by atoms with Gasteiger partial charge in [-0.1, -0.05) is 60.7 Å². The third-order valence-electron chi connectivity index (χ3n) is 5.55. The number of methoxy groups -OCH3 is 1. The Kier molecular flexibility index (Phi) is 5.93. The van der Waals surface area contributed by atoms with E-state index in [2.05, 4.69) is 9.98 Å². The second-order valence-corrected chi connectivity index (χ2v) is 8.50. The van der Waals surface area contributed by atoms with Gasteiger partial charge in [0, 0.05) is 27.9 Å². The third kappa shape index (κ3) is 4.21. The Morgan fingerprint density at radius 1 is 1.00 bits per heavy atom. The summed E-state index contributed by atoms with van der Waals surface area (Å²) in [7, 11) is 1.60. The van der Waals surface area contributed by atoms with Gasteiger partial charge in [0.05, 0.1) is 24.9 Å². The minimum atomic E-state index is -0.262. The zero-order valence-corrected chi connectivity index (χ0v) is 19.2. The lowest BCUT2D eigenvalue weighted by Crippen LogP contribution is -2.22. The lowest BCUT2D eigenvalue weighted by atomic mass is 10.1. The Labute approximate surface area is 200 Å². The standard InChI is InChI=1S/C27H21N3O3S/c1-33-20-13-11-18(12-14-20)16-30-25(31)22-10-6-5-9-21(22)23(26(30)32)15-28-27-29-24(17-34-27)19-7-3-2-4-8-19/h2-15,17,32H,16H2,1H3/b28-15+. The zero-order chi connectivity index (χ0) is 23.5. The molecule has 0 amide bonds. The van der Waals surface area contributed by atoms with E-state index in [1.165, 1.54) is 15.9 Å². The van der Waals surface area contributed by atoms with Gasteiger partial charge in [0.25, 0.3) is 5.56 Å². The summed E-state index contributed by atoms with van der Waals surface area (Å²) >= 11 is 1.42. The van der Waals surface area contributed by atoms with Crippen molar-refractivity contribution in [3.63, 3.8) is 0 Å². The van der Waals surface area contributed by atoms with Crippen molar-refractivity contribution >= 4 is 33.5 Å². The molecule has 0 bridgehead atoms. The molecule has 34 heavy (non-hydrogen) atoms. The van der Waals surface area contributed by atoms with Gasteiger partial charge in [-0.15, -0.1) is 11.3 Å². The number of benzene rings is 3. The van der Waals surface area contributed by atoms with Gasteiger partial charge in [0.2, 0.25) is 11.0 Å². The summed E-state index contributed by atoms with van der Waals surface area (Å²) in [4.78, 5) is 22.3. The Morgan fingerprint density at radius 3 is 2.44 bits per heavy atom. The molecule has 168 valence electrons. The third-order valence-corrected chi connectivity index (χ3v) is 6.30. The van der Waals surface area contributed by atoms with Gasteiger partial charge >= 0.3 is 0 Å². The highest BCUT2D eigenvalue weighted by Crippen LogP contribution is 2.28. The summed E-state index contributed by atoms with van der Waals surface area (Å²) in [6.07, 6.45) is 1.58. The van der Waals surface area contributed by atoms with Crippen molar-refractivity contribution < 1.29 is 9.84 Å². The van der Waals surface area contributed by atoms with Crippen molar-refractivity contribution in [3.8, 4) is 22.9 Å². The first-order valence-electron chi connectivity index (χ1n) is 10.7. The van der Waals surface area contributed by atoms with Gasteiger partial charge in [-0.05, 0) is 23.8 Å². The summed E-state index contributed by atoms with van der Waals surface area (Å²) in [5.41, 5.74) is 2.93. The van der Waals surface area contributed by atoms with Crippen molar-refractivity contribution in [1.82, 2.24) is 9.55 Å². The fourth-order valence-corrected chi connectivity index (χ4v) is 4.45. The Morgan fingerprint density at radius 2 is 1.71 bits per heavy atom. The molecule has 0 spiro atoms. The molecule has 0 aliphatic heterocycles. The number of hydrogen-bond donors (Lipinski definition) is 1. The minimum absolute atomic E-state index is 0.136. The molecular formula is C27H21N3O3S. The van der Waals surface area contributed by atoms with Crippen LogP contribution in [-0.2, 0) is 6.54 Å². The van der Waals surface area contributed by atoms with Gasteiger partial charge in [0.15, 0.2) is 0 Å². The highest BCUT2D eigenvalue weighted by Gasteiger charge is 2.15. The van der Waals surface area contributed by atoms with Crippen LogP contribution in [0.3, 0.4) is 0 Å². The van der Waals surface area contributed by atoms with Crippen LogP contribution < -0.4 is 10.3 Å². The summed E-state index contributed by atoms with van der Waals surface area (Å²) < 4.78 is 6.57. The fourth-order valence-electron chi connectivity index (χ4n) is 3.78. The largest absolute Gasteiger partial charge is 0.497 e. The molecule has 0 saturated heterocycles. The minimum Gasteiger partial charge on any atom is -0.497 e. The maximum absolute atomic E-state index is 13.2. The smallest absolute Gasteiger partial charge is 0.261 e. The van der Waals surface area contributed by atoms with E-state index in [0.29, 0.717) is 21.5 Å². The average molecular weight is 468 g/mol. The van der Waals surface area contributed by atoms with Crippen LogP contribution in [0.25, 0.3) is 22.0 Å². The van der Waals surface area contributed by atoms with E-state index >= 15 is 0 Å². The summed E-state index contributed by atoms with van der Waals surface area (Å²) in [6, 6.07) is 24.5. The van der Waals surface area contributed by atoms with Crippen molar-refractivity contribution in [2.75, 3.05) is 7.11 Å². The lowest BCUT2D eigenvalue weighted by Gasteiger charge is -2.14. The molecule has 0 unspecified atom stereocenters. The van der Waals surface area contributed by atoms with Gasteiger partial charge in [0.1, 0.15) is 5.75 Å². The van der Waals surface area contributed by atoms with Crippen LogP contribution in [0.2, 0.25) is 0 Å². The monoisotopic (exact) mass is 467 g/mol. The number of fused-ring (bicyclic) bond motifs is 1. The number of rotatable bonds is 6. The topological polar surface area (TPSA) is 76.7 Å². The Balaban J connectivity index is 1.55. The zero-order valence-electron chi connectivity index (χ0n) is 18.4. The van der Waals surface area contributed by atoms with Crippen LogP contribution in [0, 0.1) is 0 Å². The number of pyridine rings is 1. The number of aromatic nitrogens is 2. The molecule has 2 heterocycles. The predicted octanol–water partition coefficient (Wildman–Crippen LogP) is 5.64. The van der Waals surface area contributed by atoms with Gasteiger partial charge in [-0.25, -0.2) is 9.98 Å². The second kappa shape index (κ2) is 9.33. The number of aromatic hydroxyl groups is 1. The fraction of sp³-hybridized carbons (Fsp3) is 0.0741. The van der Waals surface area contributed by atoms with Crippen molar-refractivity contribution in [2.24, 2.45) is 4.99 Å². The van der Waals surface area contributed by atoms with Crippen LogP contribution in [0.1, 0.15) is 11.1 Å². The first-order chi connectivity index (χ1) is 16.6. The van der Waals surface area contributed by atoms with E-state index in [0.717, 1.165) is 22.6 Å². The molecule has 0 saturated carbocycles. The van der Waals surface area contributed by atoms with Crippen molar-refractivity contribution in [2.45, 2.75) is 6.54 Å². The number of hydrogen-bond acceptors (Lipinski definition) is 6. The molecule has 7 heteroatoms. The van der Waals surface area contributed by atoms with Gasteiger partial charge in [-0.2, -0.15) is 0 Å². The van der Waals surface area contributed by atoms with E-state index in [1.54, 1.807) is 19.4 Å². The summed E-state index contributed by atoms with van der Waals surface area (Å²) in [6.45, 7) is 0.218. The molecule has 2 aromatic heterocycles. The van der Waals surface area contributed by atoms with E-state index < -0.39 is 0 Å². The number of nitrogens with zero attached hydrogens (tertiary/aromatic N) is 3. The first-order valence-corrected chi connectivity index (χ1v) is 11.5. The molecule has 5 rings (SSSR count). The molecule has 5 aromatic rings. The van der Waals surface area contributed by atoms with E-state index in [4.69, 9.17) is 4.74 Å². The molecule has 0 atom stereocenters. The first kappa shape index (κ1) is 21.6. The lowest BCUT2D eigenvalue weighted by molar-refractivity contribution is 0.412. The molecule has 0 fully saturated rings. The molecule has 6 nitrogen and oxygen atoms in total. The normalized spacial score (nSPS) is 11.3. The average Bonchev–Trinajstić information content (AvgIpc) is 3.36. The summed E-state index contributed by atoms with van der Waals surface area (Å²) in [5, 5.41) is 14.8.